The van der Waals surface area contributed by atoms with Crippen LogP contribution in [0.1, 0.15) is 21.5 Å². The molecule has 0 saturated carbocycles. The minimum Gasteiger partial charge on any atom is -0.492 e. The normalized spacial score (nSPS) is 12.3. The first-order valence-electron chi connectivity index (χ1n) is 9.50. The van der Waals surface area contributed by atoms with Gasteiger partial charge in [-0.2, -0.15) is 5.10 Å². The van der Waals surface area contributed by atoms with Gasteiger partial charge in [0.15, 0.2) is 0 Å². The van der Waals surface area contributed by atoms with Crippen molar-refractivity contribution in [3.05, 3.63) is 59.5 Å². The highest BCUT2D eigenvalue weighted by Crippen LogP contribution is 2.39. The van der Waals surface area contributed by atoms with Crippen molar-refractivity contribution >= 4 is 11.7 Å². The molecule has 3 aromatic rings. The average Bonchev–Trinajstić information content (AvgIpc) is 3.45. The first-order valence-corrected chi connectivity index (χ1v) is 9.50. The van der Waals surface area contributed by atoms with Crippen LogP contribution in [0.3, 0.4) is 0 Å². The zero-order valence-electron chi connectivity index (χ0n) is 16.2. The summed E-state index contributed by atoms with van der Waals surface area (Å²) >= 11 is 0. The Kier molecular flexibility index (Phi) is 5.71. The molecule has 0 atom stereocenters. The van der Waals surface area contributed by atoms with Gasteiger partial charge in [-0.3, -0.25) is 9.89 Å². The lowest BCUT2D eigenvalue weighted by atomic mass is 10.1. The van der Waals surface area contributed by atoms with Crippen LogP contribution in [0.25, 0.3) is 11.1 Å². The maximum absolute atomic E-state index is 12.2. The number of carbonyl (C=O) groups is 1. The van der Waals surface area contributed by atoms with E-state index in [1.165, 1.54) is 0 Å². The number of hydrogen-bond donors (Lipinski definition) is 3. The van der Waals surface area contributed by atoms with Crippen LogP contribution in [0, 0.1) is 0 Å². The van der Waals surface area contributed by atoms with Gasteiger partial charge in [-0.15, -0.1) is 0 Å². The number of carbonyl (C=O) groups excluding carboxylic acids is 1. The van der Waals surface area contributed by atoms with E-state index in [0.717, 1.165) is 40.2 Å². The third kappa shape index (κ3) is 4.22. The number of H-pyrrole nitrogens is 1. The number of anilines is 1. The standard InChI is InChI=1S/C21H23N5O3/c1-28-8-6-22-21(27)15-4-2-3-14(9-15)10-23-20-17-5-7-29-19(17)18(13-24-20)16-11-25-26-12-16/h2-4,9,11-13H,5-8,10H2,1H3,(H,22,27)(H,23,24)(H,25,26). The Labute approximate surface area is 168 Å². The summed E-state index contributed by atoms with van der Waals surface area (Å²) < 4.78 is 10.8. The predicted molar refractivity (Wildman–Crippen MR) is 109 cm³/mol. The number of aromatic nitrogens is 3. The second-order valence-corrected chi connectivity index (χ2v) is 6.72. The van der Waals surface area contributed by atoms with Crippen molar-refractivity contribution in [3.63, 3.8) is 0 Å². The molecule has 4 rings (SSSR count). The SMILES string of the molecule is COCCNC(=O)c1cccc(CNc2ncc(-c3cn[nH]c3)c3c2CCO3)c1. The Hall–Kier alpha value is -3.39. The fraction of sp³-hybridized carbons (Fsp3) is 0.286. The van der Waals surface area contributed by atoms with Gasteiger partial charge in [0.1, 0.15) is 11.6 Å². The number of nitrogens with zero attached hydrogens (tertiary/aromatic N) is 2. The van der Waals surface area contributed by atoms with Gasteiger partial charge >= 0.3 is 0 Å². The van der Waals surface area contributed by atoms with Crippen LogP contribution in [0.5, 0.6) is 5.75 Å². The number of amides is 1. The highest BCUT2D eigenvalue weighted by atomic mass is 16.5. The lowest BCUT2D eigenvalue weighted by molar-refractivity contribution is 0.0937. The van der Waals surface area contributed by atoms with Crippen molar-refractivity contribution in [2.45, 2.75) is 13.0 Å². The molecule has 29 heavy (non-hydrogen) atoms. The number of hydrogen-bond acceptors (Lipinski definition) is 6. The van der Waals surface area contributed by atoms with E-state index in [0.29, 0.717) is 31.9 Å². The van der Waals surface area contributed by atoms with Gasteiger partial charge in [-0.25, -0.2) is 4.98 Å². The number of nitrogens with one attached hydrogen (secondary N) is 3. The molecule has 1 aliphatic heterocycles. The van der Waals surface area contributed by atoms with Crippen LogP contribution in [0.4, 0.5) is 5.82 Å². The van der Waals surface area contributed by atoms with Crippen LogP contribution in [0.15, 0.2) is 42.9 Å². The Morgan fingerprint density at radius 3 is 3.10 bits per heavy atom. The van der Waals surface area contributed by atoms with Gasteiger partial charge in [0.2, 0.25) is 0 Å². The lowest BCUT2D eigenvalue weighted by Gasteiger charge is -2.12. The molecule has 0 bridgehead atoms. The highest BCUT2D eigenvalue weighted by molar-refractivity contribution is 5.94. The van der Waals surface area contributed by atoms with E-state index in [4.69, 9.17) is 9.47 Å². The molecule has 0 fully saturated rings. The second kappa shape index (κ2) is 8.74. The summed E-state index contributed by atoms with van der Waals surface area (Å²) in [5.41, 5.74) is 4.58. The van der Waals surface area contributed by atoms with E-state index in [2.05, 4.69) is 25.8 Å². The monoisotopic (exact) mass is 393 g/mol. The van der Waals surface area contributed by atoms with Crippen LogP contribution >= 0.6 is 0 Å². The molecule has 1 aromatic carbocycles. The van der Waals surface area contributed by atoms with E-state index >= 15 is 0 Å². The summed E-state index contributed by atoms with van der Waals surface area (Å²) in [7, 11) is 1.61. The lowest BCUT2D eigenvalue weighted by Crippen LogP contribution is -2.27. The van der Waals surface area contributed by atoms with Crippen molar-refractivity contribution in [2.24, 2.45) is 0 Å². The number of methoxy groups -OCH3 is 1. The molecular weight excluding hydrogens is 370 g/mol. The summed E-state index contributed by atoms with van der Waals surface area (Å²) in [5, 5.41) is 13.0. The molecular formula is C21H23N5O3. The quantitative estimate of drug-likeness (QED) is 0.508. The number of ether oxygens (including phenoxy) is 2. The molecule has 1 aliphatic rings. The summed E-state index contributed by atoms with van der Waals surface area (Å²) in [6.45, 7) is 2.17. The van der Waals surface area contributed by atoms with Gasteiger partial charge in [0.05, 0.1) is 19.4 Å². The third-order valence-corrected chi connectivity index (χ3v) is 4.78. The second-order valence-electron chi connectivity index (χ2n) is 6.72. The fourth-order valence-electron chi connectivity index (χ4n) is 3.32. The van der Waals surface area contributed by atoms with Crippen molar-refractivity contribution in [1.82, 2.24) is 20.5 Å². The van der Waals surface area contributed by atoms with Crippen molar-refractivity contribution in [2.75, 3.05) is 32.2 Å². The maximum Gasteiger partial charge on any atom is 0.251 e. The first kappa shape index (κ1) is 18.9. The molecule has 3 N–H and O–H groups in total. The van der Waals surface area contributed by atoms with E-state index in [1.807, 2.05) is 24.4 Å². The molecule has 0 spiro atoms. The van der Waals surface area contributed by atoms with Crippen LogP contribution in [0.2, 0.25) is 0 Å². The molecule has 0 saturated heterocycles. The van der Waals surface area contributed by atoms with Gasteiger partial charge in [0, 0.05) is 61.3 Å². The molecule has 0 aliphatic carbocycles. The van der Waals surface area contributed by atoms with Crippen LogP contribution in [-0.2, 0) is 17.7 Å². The summed E-state index contributed by atoms with van der Waals surface area (Å²) in [6.07, 6.45) is 6.19. The third-order valence-electron chi connectivity index (χ3n) is 4.78. The largest absolute Gasteiger partial charge is 0.492 e. The molecule has 1 amide bonds. The van der Waals surface area contributed by atoms with Gasteiger partial charge in [0.25, 0.3) is 5.91 Å². The topological polar surface area (TPSA) is 101 Å². The number of pyridine rings is 1. The number of benzene rings is 1. The van der Waals surface area contributed by atoms with Gasteiger partial charge < -0.3 is 20.1 Å². The zero-order chi connectivity index (χ0) is 20.1. The molecule has 0 unspecified atom stereocenters. The summed E-state index contributed by atoms with van der Waals surface area (Å²) in [4.78, 5) is 16.8. The van der Waals surface area contributed by atoms with E-state index < -0.39 is 0 Å². The Morgan fingerprint density at radius 2 is 2.28 bits per heavy atom. The molecule has 0 radical (unpaired) electrons. The maximum atomic E-state index is 12.2. The number of fused-ring (bicyclic) bond motifs is 1. The summed E-state index contributed by atoms with van der Waals surface area (Å²) in [5.74, 6) is 1.55. The smallest absolute Gasteiger partial charge is 0.251 e. The van der Waals surface area contributed by atoms with Crippen molar-refractivity contribution in [1.29, 1.82) is 0 Å². The Bertz CT molecular complexity index is 988. The Morgan fingerprint density at radius 1 is 1.34 bits per heavy atom. The van der Waals surface area contributed by atoms with E-state index in [9.17, 15) is 4.79 Å². The molecule has 2 aromatic heterocycles. The van der Waals surface area contributed by atoms with Crippen molar-refractivity contribution < 1.29 is 14.3 Å². The average molecular weight is 393 g/mol. The molecule has 8 heteroatoms. The van der Waals surface area contributed by atoms with Crippen molar-refractivity contribution in [3.8, 4) is 16.9 Å². The first-order chi connectivity index (χ1) is 14.3. The van der Waals surface area contributed by atoms with E-state index in [-0.39, 0.29) is 5.91 Å². The van der Waals surface area contributed by atoms with Gasteiger partial charge in [-0.1, -0.05) is 12.1 Å². The minimum absolute atomic E-state index is 0.110. The minimum atomic E-state index is -0.110. The number of rotatable bonds is 8. The molecule has 150 valence electrons. The van der Waals surface area contributed by atoms with E-state index in [1.54, 1.807) is 25.6 Å². The Balaban J connectivity index is 1.47. The summed E-state index contributed by atoms with van der Waals surface area (Å²) in [6, 6.07) is 7.54. The number of aromatic amines is 1. The fourth-order valence-corrected chi connectivity index (χ4v) is 3.32. The predicted octanol–water partition coefficient (Wildman–Crippen LogP) is 2.39. The highest BCUT2D eigenvalue weighted by Gasteiger charge is 2.22. The molecule has 3 heterocycles. The van der Waals surface area contributed by atoms with Gasteiger partial charge in [-0.05, 0) is 17.7 Å². The van der Waals surface area contributed by atoms with Crippen LogP contribution < -0.4 is 15.4 Å². The van der Waals surface area contributed by atoms with Crippen LogP contribution in [-0.4, -0.2) is 48.0 Å². The molecule has 8 nitrogen and oxygen atoms in total. The zero-order valence-corrected chi connectivity index (χ0v) is 16.2.